The number of allylic oxidation sites excluding steroid dienone is 2. The Morgan fingerprint density at radius 3 is 1.38 bits per heavy atom. The second-order valence-electron chi connectivity index (χ2n) is 9.05. The van der Waals surface area contributed by atoms with Gasteiger partial charge in [-0.3, -0.25) is 9.80 Å². The van der Waals surface area contributed by atoms with Crippen molar-refractivity contribution in [1.29, 1.82) is 0 Å². The zero-order valence-corrected chi connectivity index (χ0v) is 16.9. The third-order valence-electron chi connectivity index (χ3n) is 4.43. The molecule has 0 aromatic heterocycles. The predicted molar refractivity (Wildman–Crippen MR) is 100 cm³/mol. The number of hydrogen-bond acceptors (Lipinski definition) is 4. The minimum Gasteiger partial charge on any atom is -0.443 e. The van der Waals surface area contributed by atoms with Gasteiger partial charge in [0.1, 0.15) is 11.2 Å². The fraction of sp³-hybridized carbons (Fsp3) is 0.700. The number of piperidine rings is 2. The van der Waals surface area contributed by atoms with Gasteiger partial charge in [-0.1, -0.05) is 13.2 Å². The molecule has 2 amide bonds. The van der Waals surface area contributed by atoms with Crippen molar-refractivity contribution in [3.8, 4) is 0 Å². The van der Waals surface area contributed by atoms with E-state index in [1.165, 1.54) is 0 Å². The van der Waals surface area contributed by atoms with Crippen LogP contribution in [0.4, 0.5) is 9.59 Å². The quantitative estimate of drug-likeness (QED) is 0.619. The summed E-state index contributed by atoms with van der Waals surface area (Å²) in [5.41, 5.74) is 0.287. The molecule has 2 heterocycles. The number of nitrogens with zero attached hydrogens (tertiary/aromatic N) is 2. The number of carbonyl (C=O) groups excluding carboxylic acids is 2. The minimum absolute atomic E-state index is 0.177. The lowest BCUT2D eigenvalue weighted by atomic mass is 9.86. The van der Waals surface area contributed by atoms with Crippen molar-refractivity contribution in [1.82, 2.24) is 9.80 Å². The molecule has 0 saturated carbocycles. The molecule has 0 aliphatic carbocycles. The molecule has 0 N–H and O–H groups in total. The summed E-state index contributed by atoms with van der Waals surface area (Å²) in [5, 5.41) is 0. The maximum atomic E-state index is 12.8. The summed E-state index contributed by atoms with van der Waals surface area (Å²) in [5.74, 6) is 0. The van der Waals surface area contributed by atoms with E-state index in [2.05, 4.69) is 13.2 Å². The van der Waals surface area contributed by atoms with E-state index < -0.39 is 23.4 Å². The molecule has 6 nitrogen and oxygen atoms in total. The van der Waals surface area contributed by atoms with Crippen LogP contribution in [0.5, 0.6) is 0 Å². The molecule has 2 rings (SSSR count). The fourth-order valence-corrected chi connectivity index (χ4v) is 3.48. The van der Waals surface area contributed by atoms with Gasteiger partial charge in [0.15, 0.2) is 0 Å². The molecule has 2 atom stereocenters. The monoisotopic (exact) mass is 364 g/mol. The van der Waals surface area contributed by atoms with E-state index in [0.29, 0.717) is 12.8 Å². The second kappa shape index (κ2) is 6.97. The molecule has 2 aliphatic heterocycles. The number of fused-ring (bicyclic) bond motifs is 1. The average molecular weight is 364 g/mol. The van der Waals surface area contributed by atoms with Crippen molar-refractivity contribution in [2.24, 2.45) is 0 Å². The lowest BCUT2D eigenvalue weighted by Gasteiger charge is -2.50. The largest absolute Gasteiger partial charge is 0.443 e. The first-order valence-electron chi connectivity index (χ1n) is 9.20. The van der Waals surface area contributed by atoms with Gasteiger partial charge in [-0.25, -0.2) is 9.59 Å². The summed E-state index contributed by atoms with van der Waals surface area (Å²) < 4.78 is 11.1. The maximum absolute atomic E-state index is 12.8. The van der Waals surface area contributed by atoms with Crippen molar-refractivity contribution >= 4 is 12.2 Å². The highest BCUT2D eigenvalue weighted by Crippen LogP contribution is 2.39. The van der Waals surface area contributed by atoms with Crippen LogP contribution in [0, 0.1) is 0 Å². The van der Waals surface area contributed by atoms with Crippen molar-refractivity contribution in [3.63, 3.8) is 0 Å². The van der Waals surface area contributed by atoms with E-state index >= 15 is 0 Å². The first-order valence-corrected chi connectivity index (χ1v) is 9.20. The SMILES string of the molecule is C=C1CC[C@@H]2[C@@H](CCC(=C)N2C(=O)OC(C)(C)C)N1C(=O)OC(C)(C)C. The van der Waals surface area contributed by atoms with Crippen molar-refractivity contribution in [2.75, 3.05) is 0 Å². The van der Waals surface area contributed by atoms with Gasteiger partial charge in [0, 0.05) is 11.4 Å². The van der Waals surface area contributed by atoms with Gasteiger partial charge in [-0.2, -0.15) is 0 Å². The maximum Gasteiger partial charge on any atom is 0.414 e. The van der Waals surface area contributed by atoms with Crippen molar-refractivity contribution in [2.45, 2.75) is 90.5 Å². The highest BCUT2D eigenvalue weighted by molar-refractivity contribution is 5.74. The summed E-state index contributed by atoms with van der Waals surface area (Å²) in [6, 6.07) is -0.353. The fourth-order valence-electron chi connectivity index (χ4n) is 3.48. The Kier molecular flexibility index (Phi) is 5.45. The average Bonchev–Trinajstić information content (AvgIpc) is 2.43. The Balaban J connectivity index is 2.27. The summed E-state index contributed by atoms with van der Waals surface area (Å²) in [7, 11) is 0. The number of carbonyl (C=O) groups is 2. The molecule has 26 heavy (non-hydrogen) atoms. The smallest absolute Gasteiger partial charge is 0.414 e. The van der Waals surface area contributed by atoms with Gasteiger partial charge in [0.05, 0.1) is 12.1 Å². The van der Waals surface area contributed by atoms with Gasteiger partial charge in [-0.15, -0.1) is 0 Å². The zero-order valence-electron chi connectivity index (χ0n) is 16.9. The van der Waals surface area contributed by atoms with Crippen LogP contribution in [0.15, 0.2) is 24.6 Å². The summed E-state index contributed by atoms with van der Waals surface area (Å²) in [6.45, 7) is 19.1. The standard InChI is InChI=1S/C20H32N2O4/c1-13-9-11-16-15(21(13)17(23)25-19(3,4)5)12-10-14(2)22(16)18(24)26-20(6,7)8/h15-16H,1-2,9-12H2,3-8H3/t15-,16-/m1/s1. The number of rotatable bonds is 0. The first kappa shape index (κ1) is 20.3. The normalized spacial score (nSPS) is 24.2. The van der Waals surface area contributed by atoms with Crippen LogP contribution in [0.25, 0.3) is 0 Å². The van der Waals surface area contributed by atoms with E-state index in [-0.39, 0.29) is 12.1 Å². The van der Waals surface area contributed by atoms with Crippen LogP contribution in [-0.2, 0) is 9.47 Å². The van der Waals surface area contributed by atoms with E-state index in [1.807, 2.05) is 41.5 Å². The highest BCUT2D eigenvalue weighted by Gasteiger charge is 2.46. The molecule has 6 heteroatoms. The number of amides is 2. The predicted octanol–water partition coefficient (Wildman–Crippen LogP) is 4.81. The van der Waals surface area contributed by atoms with Gasteiger partial charge in [-0.05, 0) is 67.2 Å². The molecule has 2 saturated heterocycles. The lowest BCUT2D eigenvalue weighted by molar-refractivity contribution is -0.0160. The van der Waals surface area contributed by atoms with Gasteiger partial charge in [0.25, 0.3) is 0 Å². The third-order valence-corrected chi connectivity index (χ3v) is 4.43. The molecular weight excluding hydrogens is 332 g/mol. The molecule has 0 aromatic carbocycles. The molecule has 2 aliphatic rings. The Morgan fingerprint density at radius 2 is 1.12 bits per heavy atom. The van der Waals surface area contributed by atoms with Gasteiger partial charge >= 0.3 is 12.2 Å². The Morgan fingerprint density at radius 1 is 0.808 bits per heavy atom. The molecule has 0 radical (unpaired) electrons. The molecule has 0 bridgehead atoms. The summed E-state index contributed by atoms with van der Waals surface area (Å²) in [4.78, 5) is 28.8. The zero-order chi connectivity index (χ0) is 19.9. The van der Waals surface area contributed by atoms with Gasteiger partial charge in [0.2, 0.25) is 0 Å². The molecule has 146 valence electrons. The number of ether oxygens (including phenoxy) is 2. The molecule has 0 unspecified atom stereocenters. The first-order chi connectivity index (χ1) is 11.8. The Bertz CT molecular complexity index is 558. The van der Waals surface area contributed by atoms with Crippen LogP contribution in [0.1, 0.15) is 67.2 Å². The lowest BCUT2D eigenvalue weighted by Crippen LogP contribution is -2.60. The molecule has 0 aromatic rings. The molecule has 0 spiro atoms. The van der Waals surface area contributed by atoms with Crippen LogP contribution in [0.2, 0.25) is 0 Å². The van der Waals surface area contributed by atoms with Crippen LogP contribution in [0.3, 0.4) is 0 Å². The topological polar surface area (TPSA) is 59.1 Å². The van der Waals surface area contributed by atoms with Gasteiger partial charge < -0.3 is 9.47 Å². The van der Waals surface area contributed by atoms with Crippen molar-refractivity contribution in [3.05, 3.63) is 24.6 Å². The minimum atomic E-state index is -0.590. The van der Waals surface area contributed by atoms with E-state index in [0.717, 1.165) is 24.2 Å². The molecular formula is C20H32N2O4. The third kappa shape index (κ3) is 4.59. The van der Waals surface area contributed by atoms with E-state index in [9.17, 15) is 9.59 Å². The van der Waals surface area contributed by atoms with Crippen molar-refractivity contribution < 1.29 is 19.1 Å². The van der Waals surface area contributed by atoms with Crippen LogP contribution in [-0.4, -0.2) is 45.3 Å². The Hall–Kier alpha value is -1.98. The number of likely N-dealkylation sites (tertiary alicyclic amines) is 2. The van der Waals surface area contributed by atoms with Crippen LogP contribution < -0.4 is 0 Å². The van der Waals surface area contributed by atoms with E-state index in [1.54, 1.807) is 9.80 Å². The highest BCUT2D eigenvalue weighted by atomic mass is 16.6. The summed E-state index contributed by atoms with van der Waals surface area (Å²) in [6.07, 6.45) is 1.87. The second-order valence-corrected chi connectivity index (χ2v) is 9.05. The Labute approximate surface area is 156 Å². The van der Waals surface area contributed by atoms with Crippen LogP contribution >= 0.6 is 0 Å². The molecule has 2 fully saturated rings. The van der Waals surface area contributed by atoms with E-state index in [4.69, 9.17) is 9.47 Å². The number of hydrogen-bond donors (Lipinski definition) is 0. The summed E-state index contributed by atoms with van der Waals surface area (Å²) >= 11 is 0.